The van der Waals surface area contributed by atoms with Gasteiger partial charge in [-0.3, -0.25) is 0 Å². The summed E-state index contributed by atoms with van der Waals surface area (Å²) in [4.78, 5) is 17.0. The molecule has 8 heteroatoms. The van der Waals surface area contributed by atoms with Gasteiger partial charge >= 0.3 is 6.09 Å². The number of alkyl carbamates (subject to hydrolysis) is 1. The Morgan fingerprint density at radius 1 is 1.09 bits per heavy atom. The summed E-state index contributed by atoms with van der Waals surface area (Å²) < 4.78 is 19.7. The molecule has 0 aliphatic carbocycles. The van der Waals surface area contributed by atoms with Crippen molar-refractivity contribution in [2.45, 2.75) is 58.0 Å². The van der Waals surface area contributed by atoms with E-state index in [1.54, 1.807) is 0 Å². The first-order valence-corrected chi connectivity index (χ1v) is 11.3. The average molecular weight is 437 g/mol. The zero-order valence-electron chi connectivity index (χ0n) is 18.4. The van der Waals surface area contributed by atoms with Crippen LogP contribution in [0.2, 0.25) is 0 Å². The number of benzene rings is 1. The number of aromatic nitrogens is 3. The summed E-state index contributed by atoms with van der Waals surface area (Å²) >= 11 is 0. The number of nitrogens with one attached hydrogen (secondary N) is 1. The van der Waals surface area contributed by atoms with Gasteiger partial charge in [-0.15, -0.1) is 0 Å². The summed E-state index contributed by atoms with van der Waals surface area (Å²) in [6, 6.07) is 11.7. The first-order chi connectivity index (χ1) is 15.6. The smallest absolute Gasteiger partial charge is 0.407 e. The minimum atomic E-state index is -0.487. The van der Waals surface area contributed by atoms with Gasteiger partial charge in [-0.2, -0.15) is 5.10 Å². The van der Waals surface area contributed by atoms with E-state index in [0.29, 0.717) is 18.7 Å². The number of hydrogen-bond donors (Lipinski definition) is 1. The Morgan fingerprint density at radius 2 is 2.00 bits per heavy atom. The normalized spacial score (nSPS) is 24.2. The van der Waals surface area contributed by atoms with Crippen LogP contribution in [0.5, 0.6) is 5.75 Å². The Labute approximate surface area is 186 Å². The molecule has 1 fully saturated rings. The molecule has 5 rings (SSSR count). The number of rotatable bonds is 1. The Bertz CT molecular complexity index is 1120. The lowest BCUT2D eigenvalue weighted by atomic mass is 10.1. The molecule has 4 bridgehead atoms. The van der Waals surface area contributed by atoms with Crippen LogP contribution in [-0.2, 0) is 9.47 Å². The maximum Gasteiger partial charge on any atom is 0.407 e. The topological polar surface area (TPSA) is 87.5 Å². The molecule has 2 aromatic heterocycles. The number of nitrogens with zero attached hydrogens (tertiary/aromatic N) is 3. The molecule has 4 heterocycles. The largest absolute Gasteiger partial charge is 0.491 e. The highest BCUT2D eigenvalue weighted by Crippen LogP contribution is 2.35. The fourth-order valence-corrected chi connectivity index (χ4v) is 4.26. The van der Waals surface area contributed by atoms with E-state index < -0.39 is 12.2 Å². The monoisotopic (exact) mass is 436 g/mol. The van der Waals surface area contributed by atoms with E-state index in [4.69, 9.17) is 24.3 Å². The lowest BCUT2D eigenvalue weighted by molar-refractivity contribution is -0.0365. The molecular weight excluding hydrogens is 408 g/mol. The van der Waals surface area contributed by atoms with Gasteiger partial charge in [0.2, 0.25) is 0 Å². The van der Waals surface area contributed by atoms with Crippen molar-refractivity contribution in [2.24, 2.45) is 0 Å². The minimum Gasteiger partial charge on any atom is -0.491 e. The second-order valence-corrected chi connectivity index (χ2v) is 8.43. The molecule has 2 aliphatic rings. The van der Waals surface area contributed by atoms with Crippen molar-refractivity contribution >= 4 is 17.0 Å². The number of carbonyl (C=O) groups is 1. The van der Waals surface area contributed by atoms with Crippen LogP contribution in [0.25, 0.3) is 22.3 Å². The first-order valence-electron chi connectivity index (χ1n) is 11.3. The SMILES string of the molecule is C[C@@H]1CCNC(=O)O[C@@H](C)c2cccc(n2)-c2nn(C3CCCCO3)c3ccc(cc23)O1. The van der Waals surface area contributed by atoms with Crippen LogP contribution in [0.4, 0.5) is 4.79 Å². The highest BCUT2D eigenvalue weighted by atomic mass is 16.6. The quantitative estimate of drug-likeness (QED) is 0.592. The van der Waals surface area contributed by atoms with E-state index in [1.807, 2.05) is 54.9 Å². The van der Waals surface area contributed by atoms with E-state index in [-0.39, 0.29) is 12.3 Å². The van der Waals surface area contributed by atoms with Crippen LogP contribution < -0.4 is 10.1 Å². The van der Waals surface area contributed by atoms with Crippen molar-refractivity contribution in [3.8, 4) is 17.1 Å². The van der Waals surface area contributed by atoms with Crippen LogP contribution >= 0.6 is 0 Å². The zero-order valence-corrected chi connectivity index (χ0v) is 18.4. The summed E-state index contributed by atoms with van der Waals surface area (Å²) in [6.07, 6.45) is 2.67. The molecule has 8 nitrogen and oxygen atoms in total. The van der Waals surface area contributed by atoms with E-state index in [0.717, 1.165) is 53.9 Å². The van der Waals surface area contributed by atoms with Crippen molar-refractivity contribution in [3.05, 3.63) is 42.1 Å². The number of ether oxygens (including phenoxy) is 3. The van der Waals surface area contributed by atoms with Gasteiger partial charge in [0.1, 0.15) is 17.5 Å². The average Bonchev–Trinajstić information content (AvgIpc) is 3.18. The first kappa shape index (κ1) is 20.8. The second-order valence-electron chi connectivity index (χ2n) is 8.43. The lowest BCUT2D eigenvalue weighted by Crippen LogP contribution is -2.29. The number of amides is 1. The highest BCUT2D eigenvalue weighted by Gasteiger charge is 2.24. The fraction of sp³-hybridized carbons (Fsp3) is 0.458. The summed E-state index contributed by atoms with van der Waals surface area (Å²) in [7, 11) is 0. The molecule has 1 N–H and O–H groups in total. The maximum atomic E-state index is 12.2. The third kappa shape index (κ3) is 4.14. The van der Waals surface area contributed by atoms with Gasteiger partial charge in [0.15, 0.2) is 6.23 Å². The van der Waals surface area contributed by atoms with Crippen molar-refractivity contribution < 1.29 is 19.0 Å². The van der Waals surface area contributed by atoms with Crippen LogP contribution in [0, 0.1) is 0 Å². The number of cyclic esters (lactones) is 1. The number of fused-ring (bicyclic) bond motifs is 4. The molecule has 3 atom stereocenters. The Kier molecular flexibility index (Phi) is 5.70. The van der Waals surface area contributed by atoms with Gasteiger partial charge in [0, 0.05) is 25.0 Å². The highest BCUT2D eigenvalue weighted by molar-refractivity contribution is 5.93. The number of hydrogen-bond acceptors (Lipinski definition) is 6. The molecule has 0 spiro atoms. The van der Waals surface area contributed by atoms with Gasteiger partial charge in [0.25, 0.3) is 0 Å². The third-order valence-corrected chi connectivity index (χ3v) is 5.98. The zero-order chi connectivity index (χ0) is 22.1. The van der Waals surface area contributed by atoms with Crippen LogP contribution in [0.3, 0.4) is 0 Å². The van der Waals surface area contributed by atoms with Gasteiger partial charge < -0.3 is 19.5 Å². The van der Waals surface area contributed by atoms with E-state index in [1.165, 1.54) is 0 Å². The Hall–Kier alpha value is -3.13. The van der Waals surface area contributed by atoms with E-state index in [9.17, 15) is 4.79 Å². The van der Waals surface area contributed by atoms with Gasteiger partial charge in [0.05, 0.1) is 23.0 Å². The molecule has 32 heavy (non-hydrogen) atoms. The number of carbonyl (C=O) groups excluding carboxylic acids is 1. The fourth-order valence-electron chi connectivity index (χ4n) is 4.26. The predicted molar refractivity (Wildman–Crippen MR) is 119 cm³/mol. The summed E-state index contributed by atoms with van der Waals surface area (Å²) in [5, 5.41) is 8.70. The second kappa shape index (κ2) is 8.78. The van der Waals surface area contributed by atoms with Crippen LogP contribution in [0.1, 0.15) is 57.6 Å². The molecule has 1 unspecified atom stereocenters. The van der Waals surface area contributed by atoms with Crippen LogP contribution in [-0.4, -0.2) is 40.1 Å². The standard InChI is InChI=1S/C24H28N4O4/c1-15-11-12-25-24(29)32-16(2)19-6-5-7-20(26-19)23-18-14-17(31-15)9-10-21(18)28(27-23)22-8-3-4-13-30-22/h5-7,9-10,14-16,22H,3-4,8,11-13H2,1-2H3,(H,25,29)/t15-,16+,22?/m1/s1. The van der Waals surface area contributed by atoms with Crippen molar-refractivity contribution in [3.63, 3.8) is 0 Å². The number of pyridine rings is 1. The third-order valence-electron chi connectivity index (χ3n) is 5.98. The van der Waals surface area contributed by atoms with Crippen molar-refractivity contribution in [1.29, 1.82) is 0 Å². The molecule has 0 radical (unpaired) electrons. The van der Waals surface area contributed by atoms with Crippen LogP contribution in [0.15, 0.2) is 36.4 Å². The molecule has 3 aromatic rings. The van der Waals surface area contributed by atoms with Crippen molar-refractivity contribution in [2.75, 3.05) is 13.2 Å². The molecule has 1 amide bonds. The van der Waals surface area contributed by atoms with E-state index >= 15 is 0 Å². The Balaban J connectivity index is 1.65. The summed E-state index contributed by atoms with van der Waals surface area (Å²) in [6.45, 7) is 5.01. The molecule has 1 saturated heterocycles. The molecular formula is C24H28N4O4. The van der Waals surface area contributed by atoms with Crippen molar-refractivity contribution in [1.82, 2.24) is 20.1 Å². The minimum absolute atomic E-state index is 0.0744. The predicted octanol–water partition coefficient (Wildman–Crippen LogP) is 4.76. The molecule has 2 aliphatic heterocycles. The summed E-state index contributed by atoms with van der Waals surface area (Å²) in [5.41, 5.74) is 3.15. The maximum absolute atomic E-state index is 12.2. The van der Waals surface area contributed by atoms with Gasteiger partial charge in [-0.1, -0.05) is 6.07 Å². The molecule has 0 saturated carbocycles. The van der Waals surface area contributed by atoms with Gasteiger partial charge in [-0.25, -0.2) is 14.5 Å². The Morgan fingerprint density at radius 3 is 2.84 bits per heavy atom. The lowest BCUT2D eigenvalue weighted by Gasteiger charge is -2.23. The molecule has 168 valence electrons. The molecule has 1 aromatic carbocycles. The van der Waals surface area contributed by atoms with Gasteiger partial charge in [-0.05, 0) is 63.4 Å². The van der Waals surface area contributed by atoms with E-state index in [2.05, 4.69) is 5.32 Å². The summed E-state index contributed by atoms with van der Waals surface area (Å²) in [5.74, 6) is 0.761.